The standard InChI is InChI=1S/C16H20F3N3/c1-9-3-2-4-22(8-9)16(20)21-14-7-11(14)10-5-12(17)15(19)13(18)6-10/h5-6,9,11,14H,2-4,7-8H2,1H3,(H2,20,21)/t9?,11-,14+/m0/s1. The first-order valence-electron chi connectivity index (χ1n) is 7.68. The number of nitrogens with two attached hydrogens (primary N) is 1. The van der Waals surface area contributed by atoms with Crippen molar-refractivity contribution < 1.29 is 13.2 Å². The maximum atomic E-state index is 13.3. The molecule has 1 aromatic carbocycles. The van der Waals surface area contributed by atoms with Crippen LogP contribution in [-0.2, 0) is 0 Å². The number of likely N-dealkylation sites (tertiary alicyclic amines) is 1. The highest BCUT2D eigenvalue weighted by Crippen LogP contribution is 2.44. The van der Waals surface area contributed by atoms with Gasteiger partial charge in [-0.3, -0.25) is 0 Å². The van der Waals surface area contributed by atoms with Crippen LogP contribution in [0.15, 0.2) is 17.1 Å². The summed E-state index contributed by atoms with van der Waals surface area (Å²) in [5.41, 5.74) is 6.49. The van der Waals surface area contributed by atoms with Crippen LogP contribution in [0.2, 0.25) is 0 Å². The third-order valence-electron chi connectivity index (χ3n) is 4.47. The molecule has 1 aliphatic heterocycles. The molecule has 2 N–H and O–H groups in total. The zero-order valence-electron chi connectivity index (χ0n) is 12.5. The van der Waals surface area contributed by atoms with Crippen LogP contribution in [-0.4, -0.2) is 30.0 Å². The summed E-state index contributed by atoms with van der Waals surface area (Å²) in [7, 11) is 0. The molecule has 0 amide bonds. The molecular formula is C16H20F3N3. The van der Waals surface area contributed by atoms with Crippen molar-refractivity contribution in [3.63, 3.8) is 0 Å². The van der Waals surface area contributed by atoms with Gasteiger partial charge in [0, 0.05) is 19.0 Å². The highest BCUT2D eigenvalue weighted by molar-refractivity contribution is 5.78. The molecule has 0 spiro atoms. The van der Waals surface area contributed by atoms with Crippen LogP contribution < -0.4 is 5.73 Å². The molecule has 1 unspecified atom stereocenters. The Morgan fingerprint density at radius 3 is 2.59 bits per heavy atom. The largest absolute Gasteiger partial charge is 0.370 e. The van der Waals surface area contributed by atoms with Crippen molar-refractivity contribution in [3.8, 4) is 0 Å². The second-order valence-corrected chi connectivity index (χ2v) is 6.39. The van der Waals surface area contributed by atoms with Gasteiger partial charge in [0.05, 0.1) is 6.04 Å². The monoisotopic (exact) mass is 311 g/mol. The summed E-state index contributed by atoms with van der Waals surface area (Å²) in [6.45, 7) is 3.98. The molecule has 120 valence electrons. The van der Waals surface area contributed by atoms with Crippen LogP contribution in [0.5, 0.6) is 0 Å². The lowest BCUT2D eigenvalue weighted by Gasteiger charge is -2.31. The van der Waals surface area contributed by atoms with Crippen molar-refractivity contribution >= 4 is 5.96 Å². The van der Waals surface area contributed by atoms with Crippen molar-refractivity contribution in [2.45, 2.75) is 38.1 Å². The fourth-order valence-corrected chi connectivity index (χ4v) is 3.12. The third kappa shape index (κ3) is 3.05. The summed E-state index contributed by atoms with van der Waals surface area (Å²) >= 11 is 0. The Morgan fingerprint density at radius 2 is 1.95 bits per heavy atom. The van der Waals surface area contributed by atoms with E-state index in [0.717, 1.165) is 31.6 Å². The SMILES string of the molecule is CC1CCCN(C(N)=N[C@@H]2C[C@H]2c2cc(F)c(F)c(F)c2)C1. The van der Waals surface area contributed by atoms with Gasteiger partial charge >= 0.3 is 0 Å². The van der Waals surface area contributed by atoms with E-state index >= 15 is 0 Å². The van der Waals surface area contributed by atoms with Gasteiger partial charge < -0.3 is 10.6 Å². The summed E-state index contributed by atoms with van der Waals surface area (Å²) in [6.07, 6.45) is 2.98. The summed E-state index contributed by atoms with van der Waals surface area (Å²) in [6, 6.07) is 2.04. The van der Waals surface area contributed by atoms with Crippen molar-refractivity contribution in [2.24, 2.45) is 16.6 Å². The predicted octanol–water partition coefficient (Wildman–Crippen LogP) is 3.01. The number of rotatable bonds is 2. The van der Waals surface area contributed by atoms with Gasteiger partial charge in [0.25, 0.3) is 0 Å². The molecule has 3 atom stereocenters. The maximum Gasteiger partial charge on any atom is 0.194 e. The Morgan fingerprint density at radius 1 is 1.27 bits per heavy atom. The molecule has 2 aliphatic rings. The Labute approximate surface area is 128 Å². The molecule has 6 heteroatoms. The first kappa shape index (κ1) is 15.2. The lowest BCUT2D eigenvalue weighted by Crippen LogP contribution is -2.43. The number of nitrogens with zero attached hydrogens (tertiary/aromatic N) is 2. The minimum Gasteiger partial charge on any atom is -0.370 e. The minimum atomic E-state index is -1.42. The van der Waals surface area contributed by atoms with E-state index in [1.807, 2.05) is 0 Å². The maximum absolute atomic E-state index is 13.3. The molecule has 0 bridgehead atoms. The summed E-state index contributed by atoms with van der Waals surface area (Å²) in [5.74, 6) is -2.71. The average Bonchev–Trinajstić information content (AvgIpc) is 3.23. The topological polar surface area (TPSA) is 41.6 Å². The van der Waals surface area contributed by atoms with Gasteiger partial charge in [-0.25, -0.2) is 18.2 Å². The molecule has 22 heavy (non-hydrogen) atoms. The van der Waals surface area contributed by atoms with Gasteiger partial charge in [-0.2, -0.15) is 0 Å². The second-order valence-electron chi connectivity index (χ2n) is 6.39. The number of guanidine groups is 1. The van der Waals surface area contributed by atoms with Crippen LogP contribution in [0.25, 0.3) is 0 Å². The van der Waals surface area contributed by atoms with Crippen molar-refractivity contribution in [1.29, 1.82) is 0 Å². The summed E-state index contributed by atoms with van der Waals surface area (Å²) in [4.78, 5) is 6.53. The number of halogens is 3. The molecule has 2 fully saturated rings. The van der Waals surface area contributed by atoms with Gasteiger partial charge in [0.1, 0.15) is 0 Å². The van der Waals surface area contributed by atoms with Crippen molar-refractivity contribution in [3.05, 3.63) is 35.1 Å². The normalized spacial score (nSPS) is 28.8. The average molecular weight is 311 g/mol. The quantitative estimate of drug-likeness (QED) is 0.518. The molecular weight excluding hydrogens is 291 g/mol. The highest BCUT2D eigenvalue weighted by atomic mass is 19.2. The number of aliphatic imine (C=N–C) groups is 1. The van der Waals surface area contributed by atoms with E-state index in [9.17, 15) is 13.2 Å². The summed E-state index contributed by atoms with van der Waals surface area (Å²) < 4.78 is 39.5. The van der Waals surface area contributed by atoms with Crippen molar-refractivity contribution in [1.82, 2.24) is 4.90 Å². The number of hydrogen-bond donors (Lipinski definition) is 1. The Bertz CT molecular complexity index is 579. The Kier molecular flexibility index (Phi) is 4.02. The minimum absolute atomic E-state index is 0.0681. The first-order chi connectivity index (χ1) is 10.5. The molecule has 0 aromatic heterocycles. The second kappa shape index (κ2) is 5.82. The molecule has 0 radical (unpaired) electrons. The fourth-order valence-electron chi connectivity index (χ4n) is 3.12. The summed E-state index contributed by atoms with van der Waals surface area (Å²) in [5, 5.41) is 0. The zero-order valence-corrected chi connectivity index (χ0v) is 12.5. The van der Waals surface area contributed by atoms with Gasteiger partial charge in [0.15, 0.2) is 23.4 Å². The van der Waals surface area contributed by atoms with E-state index in [-0.39, 0.29) is 12.0 Å². The molecule has 3 rings (SSSR count). The lowest BCUT2D eigenvalue weighted by atomic mass is 10.0. The smallest absolute Gasteiger partial charge is 0.194 e. The zero-order chi connectivity index (χ0) is 15.9. The third-order valence-corrected chi connectivity index (χ3v) is 4.47. The van der Waals surface area contributed by atoms with E-state index in [1.54, 1.807) is 0 Å². The van der Waals surface area contributed by atoms with Gasteiger partial charge in [-0.1, -0.05) is 6.92 Å². The van der Waals surface area contributed by atoms with E-state index in [0.29, 0.717) is 23.9 Å². The highest BCUT2D eigenvalue weighted by Gasteiger charge is 2.40. The predicted molar refractivity (Wildman–Crippen MR) is 79.1 cm³/mol. The van der Waals surface area contributed by atoms with E-state index in [1.165, 1.54) is 6.42 Å². The number of piperidine rings is 1. The van der Waals surface area contributed by atoms with Crippen LogP contribution in [0.4, 0.5) is 13.2 Å². The lowest BCUT2D eigenvalue weighted by molar-refractivity contribution is 0.270. The van der Waals surface area contributed by atoms with Gasteiger partial charge in [-0.15, -0.1) is 0 Å². The van der Waals surface area contributed by atoms with Crippen LogP contribution >= 0.6 is 0 Å². The molecule has 1 aliphatic carbocycles. The van der Waals surface area contributed by atoms with Gasteiger partial charge in [0.2, 0.25) is 0 Å². The van der Waals surface area contributed by atoms with Gasteiger partial charge in [-0.05, 0) is 42.9 Å². The molecule has 1 aromatic rings. The molecule has 1 saturated carbocycles. The van der Waals surface area contributed by atoms with E-state index < -0.39 is 17.5 Å². The first-order valence-corrected chi connectivity index (χ1v) is 7.68. The van der Waals surface area contributed by atoms with E-state index in [4.69, 9.17) is 5.73 Å². The Hall–Kier alpha value is -1.72. The van der Waals surface area contributed by atoms with E-state index in [2.05, 4.69) is 16.8 Å². The molecule has 1 saturated heterocycles. The van der Waals surface area contributed by atoms with Crippen molar-refractivity contribution in [2.75, 3.05) is 13.1 Å². The van der Waals surface area contributed by atoms with Crippen LogP contribution in [0.1, 0.15) is 37.7 Å². The fraction of sp³-hybridized carbons (Fsp3) is 0.562. The van der Waals surface area contributed by atoms with Crippen LogP contribution in [0, 0.1) is 23.4 Å². The number of benzene rings is 1. The Balaban J connectivity index is 1.68. The van der Waals surface area contributed by atoms with Crippen LogP contribution in [0.3, 0.4) is 0 Å². The number of hydrogen-bond acceptors (Lipinski definition) is 1. The molecule has 1 heterocycles. The molecule has 3 nitrogen and oxygen atoms in total.